The predicted octanol–water partition coefficient (Wildman–Crippen LogP) is 3.71. The van der Waals surface area contributed by atoms with Gasteiger partial charge in [0.15, 0.2) is 0 Å². The van der Waals surface area contributed by atoms with Gasteiger partial charge in [-0.2, -0.15) is 0 Å². The van der Waals surface area contributed by atoms with Gasteiger partial charge in [0.2, 0.25) is 0 Å². The standard InChI is InChI=1S/C18H21FN2/c1-21(13-15-7-2-4-8-17(15)19)18-9-5-3-6-14(18)12-20-16-10-11-16/h2-9,16,20H,10-13H2,1H3. The Morgan fingerprint density at radius 1 is 1.05 bits per heavy atom. The third kappa shape index (κ3) is 3.61. The second-order valence-corrected chi connectivity index (χ2v) is 5.73. The molecule has 1 aliphatic rings. The van der Waals surface area contributed by atoms with E-state index in [0.717, 1.165) is 17.8 Å². The van der Waals surface area contributed by atoms with E-state index >= 15 is 0 Å². The van der Waals surface area contributed by atoms with Crippen LogP contribution < -0.4 is 10.2 Å². The van der Waals surface area contributed by atoms with Gasteiger partial charge < -0.3 is 10.2 Å². The summed E-state index contributed by atoms with van der Waals surface area (Å²) in [7, 11) is 2.02. The molecular weight excluding hydrogens is 263 g/mol. The first kappa shape index (κ1) is 14.1. The van der Waals surface area contributed by atoms with Gasteiger partial charge in [-0.1, -0.05) is 36.4 Å². The van der Waals surface area contributed by atoms with Crippen molar-refractivity contribution < 1.29 is 4.39 Å². The molecule has 3 heteroatoms. The lowest BCUT2D eigenvalue weighted by atomic mass is 10.1. The van der Waals surface area contributed by atoms with Crippen LogP contribution in [0, 0.1) is 5.82 Å². The van der Waals surface area contributed by atoms with Gasteiger partial charge in [0.05, 0.1) is 0 Å². The Morgan fingerprint density at radius 3 is 2.43 bits per heavy atom. The van der Waals surface area contributed by atoms with Crippen LogP contribution in [0.25, 0.3) is 0 Å². The van der Waals surface area contributed by atoms with Crippen molar-refractivity contribution in [2.45, 2.75) is 32.0 Å². The molecule has 0 saturated heterocycles. The molecule has 1 N–H and O–H groups in total. The molecule has 21 heavy (non-hydrogen) atoms. The molecule has 0 bridgehead atoms. The SMILES string of the molecule is CN(Cc1ccccc1F)c1ccccc1CNC1CC1. The van der Waals surface area contributed by atoms with Gasteiger partial charge in [0, 0.05) is 37.4 Å². The molecule has 1 saturated carbocycles. The number of hydrogen-bond donors (Lipinski definition) is 1. The summed E-state index contributed by atoms with van der Waals surface area (Å²) in [5, 5.41) is 3.54. The third-order valence-electron chi connectivity index (χ3n) is 3.93. The summed E-state index contributed by atoms with van der Waals surface area (Å²) in [6.07, 6.45) is 2.57. The fraction of sp³-hybridized carbons (Fsp3) is 0.333. The Balaban J connectivity index is 1.74. The van der Waals surface area contributed by atoms with Gasteiger partial charge in [0.25, 0.3) is 0 Å². The van der Waals surface area contributed by atoms with Gasteiger partial charge >= 0.3 is 0 Å². The van der Waals surface area contributed by atoms with Crippen molar-refractivity contribution in [3.63, 3.8) is 0 Å². The maximum absolute atomic E-state index is 13.8. The summed E-state index contributed by atoms with van der Waals surface area (Å²) >= 11 is 0. The summed E-state index contributed by atoms with van der Waals surface area (Å²) in [6, 6.07) is 16.0. The molecule has 0 radical (unpaired) electrons. The van der Waals surface area contributed by atoms with Crippen LogP contribution in [0.4, 0.5) is 10.1 Å². The van der Waals surface area contributed by atoms with Crippen molar-refractivity contribution in [3.05, 3.63) is 65.5 Å². The van der Waals surface area contributed by atoms with Crippen molar-refractivity contribution >= 4 is 5.69 Å². The largest absolute Gasteiger partial charge is 0.370 e. The fourth-order valence-corrected chi connectivity index (χ4v) is 2.54. The van der Waals surface area contributed by atoms with Gasteiger partial charge in [-0.3, -0.25) is 0 Å². The van der Waals surface area contributed by atoms with Crippen molar-refractivity contribution in [2.24, 2.45) is 0 Å². The Morgan fingerprint density at radius 2 is 1.71 bits per heavy atom. The molecule has 1 aliphatic carbocycles. The maximum Gasteiger partial charge on any atom is 0.128 e. The molecule has 2 aromatic rings. The summed E-state index contributed by atoms with van der Waals surface area (Å²) in [5.41, 5.74) is 3.15. The van der Waals surface area contributed by atoms with Crippen molar-refractivity contribution in [2.75, 3.05) is 11.9 Å². The lowest BCUT2D eigenvalue weighted by Crippen LogP contribution is -2.22. The Kier molecular flexibility index (Phi) is 4.20. The number of para-hydroxylation sites is 1. The maximum atomic E-state index is 13.8. The first-order valence-corrected chi connectivity index (χ1v) is 7.50. The molecule has 2 nitrogen and oxygen atoms in total. The quantitative estimate of drug-likeness (QED) is 0.870. The van der Waals surface area contributed by atoms with Crippen LogP contribution in [-0.2, 0) is 13.1 Å². The summed E-state index contributed by atoms with van der Waals surface area (Å²) in [4.78, 5) is 2.11. The van der Waals surface area contributed by atoms with E-state index in [4.69, 9.17) is 0 Å². The van der Waals surface area contributed by atoms with Crippen LogP contribution in [0.3, 0.4) is 0 Å². The molecule has 0 aliphatic heterocycles. The van der Waals surface area contributed by atoms with E-state index in [9.17, 15) is 4.39 Å². The highest BCUT2D eigenvalue weighted by molar-refractivity contribution is 5.53. The molecule has 0 spiro atoms. The van der Waals surface area contributed by atoms with E-state index in [2.05, 4.69) is 28.4 Å². The molecule has 3 rings (SSSR count). The molecule has 1 fully saturated rings. The zero-order chi connectivity index (χ0) is 14.7. The Labute approximate surface area is 125 Å². The number of nitrogens with one attached hydrogen (secondary N) is 1. The normalized spacial score (nSPS) is 14.2. The molecule has 110 valence electrons. The highest BCUT2D eigenvalue weighted by atomic mass is 19.1. The van der Waals surface area contributed by atoms with E-state index in [1.165, 1.54) is 24.5 Å². The lowest BCUT2D eigenvalue weighted by molar-refractivity contribution is 0.607. The van der Waals surface area contributed by atoms with E-state index in [0.29, 0.717) is 12.6 Å². The van der Waals surface area contributed by atoms with Crippen molar-refractivity contribution in [1.82, 2.24) is 5.32 Å². The molecule has 0 atom stereocenters. The zero-order valence-corrected chi connectivity index (χ0v) is 12.3. The lowest BCUT2D eigenvalue weighted by Gasteiger charge is -2.23. The number of anilines is 1. The van der Waals surface area contributed by atoms with E-state index < -0.39 is 0 Å². The van der Waals surface area contributed by atoms with Crippen LogP contribution in [-0.4, -0.2) is 13.1 Å². The van der Waals surface area contributed by atoms with Crippen molar-refractivity contribution in [3.8, 4) is 0 Å². The number of hydrogen-bond acceptors (Lipinski definition) is 2. The van der Waals surface area contributed by atoms with Crippen LogP contribution >= 0.6 is 0 Å². The minimum absolute atomic E-state index is 0.141. The van der Waals surface area contributed by atoms with Crippen LogP contribution in [0.5, 0.6) is 0 Å². The van der Waals surface area contributed by atoms with Gasteiger partial charge in [0.1, 0.15) is 5.82 Å². The molecule has 0 heterocycles. The molecule has 0 amide bonds. The Hall–Kier alpha value is -1.87. The minimum Gasteiger partial charge on any atom is -0.370 e. The summed E-state index contributed by atoms with van der Waals surface area (Å²) < 4.78 is 13.8. The highest BCUT2D eigenvalue weighted by Crippen LogP contribution is 2.24. The smallest absolute Gasteiger partial charge is 0.128 e. The van der Waals surface area contributed by atoms with Crippen LogP contribution in [0.2, 0.25) is 0 Å². The zero-order valence-electron chi connectivity index (χ0n) is 12.3. The van der Waals surface area contributed by atoms with Crippen LogP contribution in [0.15, 0.2) is 48.5 Å². The van der Waals surface area contributed by atoms with E-state index in [-0.39, 0.29) is 5.82 Å². The average molecular weight is 284 g/mol. The second kappa shape index (κ2) is 6.27. The molecule has 0 unspecified atom stereocenters. The number of halogens is 1. The number of benzene rings is 2. The molecular formula is C18H21FN2. The van der Waals surface area contributed by atoms with E-state index in [1.807, 2.05) is 25.2 Å². The highest BCUT2D eigenvalue weighted by Gasteiger charge is 2.20. The first-order valence-electron chi connectivity index (χ1n) is 7.50. The topological polar surface area (TPSA) is 15.3 Å². The molecule has 0 aromatic heterocycles. The van der Waals surface area contributed by atoms with Gasteiger partial charge in [-0.15, -0.1) is 0 Å². The van der Waals surface area contributed by atoms with E-state index in [1.54, 1.807) is 6.07 Å². The fourth-order valence-electron chi connectivity index (χ4n) is 2.54. The number of nitrogens with zero attached hydrogens (tertiary/aromatic N) is 1. The van der Waals surface area contributed by atoms with Crippen LogP contribution in [0.1, 0.15) is 24.0 Å². The minimum atomic E-state index is -0.141. The van der Waals surface area contributed by atoms with Gasteiger partial charge in [-0.25, -0.2) is 4.39 Å². The van der Waals surface area contributed by atoms with Gasteiger partial charge in [-0.05, 0) is 30.5 Å². The third-order valence-corrected chi connectivity index (χ3v) is 3.93. The van der Waals surface area contributed by atoms with Crippen molar-refractivity contribution in [1.29, 1.82) is 0 Å². The second-order valence-electron chi connectivity index (χ2n) is 5.73. The summed E-state index contributed by atoms with van der Waals surface area (Å²) in [5.74, 6) is -0.141. The monoisotopic (exact) mass is 284 g/mol. The Bertz CT molecular complexity index is 608. The predicted molar refractivity (Wildman–Crippen MR) is 84.8 cm³/mol. The first-order chi connectivity index (χ1) is 10.2. The molecule has 2 aromatic carbocycles. The summed E-state index contributed by atoms with van der Waals surface area (Å²) in [6.45, 7) is 1.45. The average Bonchev–Trinajstić information content (AvgIpc) is 3.32. The number of rotatable bonds is 6.